The van der Waals surface area contributed by atoms with E-state index >= 15 is 0 Å². The highest BCUT2D eigenvalue weighted by Gasteiger charge is 2.11. The van der Waals surface area contributed by atoms with Crippen molar-refractivity contribution in [2.45, 2.75) is 19.9 Å². The van der Waals surface area contributed by atoms with Gasteiger partial charge in [0.25, 0.3) is 0 Å². The summed E-state index contributed by atoms with van der Waals surface area (Å²) in [6.07, 6.45) is 1.70. The van der Waals surface area contributed by atoms with Gasteiger partial charge in [0.2, 0.25) is 5.88 Å². The quantitative estimate of drug-likeness (QED) is 0.879. The van der Waals surface area contributed by atoms with E-state index in [4.69, 9.17) is 9.15 Å². The highest BCUT2D eigenvalue weighted by Crippen LogP contribution is 2.26. The highest BCUT2D eigenvalue weighted by atomic mass is 16.5. The van der Waals surface area contributed by atoms with Crippen molar-refractivity contribution in [3.63, 3.8) is 0 Å². The summed E-state index contributed by atoms with van der Waals surface area (Å²) in [4.78, 5) is 4.13. The third-order valence-electron chi connectivity index (χ3n) is 2.52. The summed E-state index contributed by atoms with van der Waals surface area (Å²) < 4.78 is 10.8. The first kappa shape index (κ1) is 11.5. The summed E-state index contributed by atoms with van der Waals surface area (Å²) in [7, 11) is 1.61. The molecule has 0 saturated carbocycles. The minimum atomic E-state index is 0.0711. The topological polar surface area (TPSA) is 47.3 Å². The van der Waals surface area contributed by atoms with E-state index in [0.29, 0.717) is 5.88 Å². The number of hydrogen-bond acceptors (Lipinski definition) is 4. The largest absolute Gasteiger partial charge is 0.480 e. The second-order valence-electron chi connectivity index (χ2n) is 3.87. The molecule has 0 aliphatic heterocycles. The van der Waals surface area contributed by atoms with Crippen molar-refractivity contribution in [1.29, 1.82) is 0 Å². The Hall–Kier alpha value is -1.97. The number of furan rings is 1. The van der Waals surface area contributed by atoms with E-state index in [-0.39, 0.29) is 6.04 Å². The molecular weight excluding hydrogens is 216 g/mol. The van der Waals surface area contributed by atoms with E-state index in [1.54, 1.807) is 13.3 Å². The Morgan fingerprint density at radius 1 is 1.35 bits per heavy atom. The van der Waals surface area contributed by atoms with Crippen LogP contribution in [0.5, 0.6) is 5.88 Å². The molecule has 17 heavy (non-hydrogen) atoms. The van der Waals surface area contributed by atoms with Crippen molar-refractivity contribution in [3.05, 3.63) is 42.0 Å². The third-order valence-corrected chi connectivity index (χ3v) is 2.52. The molecule has 2 rings (SSSR count). The van der Waals surface area contributed by atoms with E-state index in [2.05, 4.69) is 10.3 Å². The number of ether oxygens (including phenoxy) is 1. The Kier molecular flexibility index (Phi) is 3.32. The normalized spacial score (nSPS) is 12.2. The molecule has 0 saturated heterocycles. The van der Waals surface area contributed by atoms with Crippen LogP contribution < -0.4 is 10.1 Å². The zero-order valence-corrected chi connectivity index (χ0v) is 10.2. The van der Waals surface area contributed by atoms with Gasteiger partial charge in [0.1, 0.15) is 11.5 Å². The second kappa shape index (κ2) is 4.91. The molecule has 2 aromatic heterocycles. The molecule has 0 aromatic carbocycles. The number of methoxy groups -OCH3 is 1. The zero-order valence-electron chi connectivity index (χ0n) is 10.2. The number of pyridine rings is 1. The van der Waals surface area contributed by atoms with Gasteiger partial charge in [-0.2, -0.15) is 0 Å². The Balaban J connectivity index is 2.15. The molecular formula is C13H16N2O2. The second-order valence-corrected chi connectivity index (χ2v) is 3.87. The van der Waals surface area contributed by atoms with Crippen LogP contribution in [0.2, 0.25) is 0 Å². The predicted octanol–water partition coefficient (Wildman–Crippen LogP) is 3.16. The van der Waals surface area contributed by atoms with Crippen LogP contribution in [-0.2, 0) is 0 Å². The van der Waals surface area contributed by atoms with E-state index in [1.165, 1.54) is 0 Å². The maximum absolute atomic E-state index is 5.57. The molecule has 0 fully saturated rings. The number of rotatable bonds is 4. The van der Waals surface area contributed by atoms with Gasteiger partial charge in [-0.25, -0.2) is 4.98 Å². The summed E-state index contributed by atoms with van der Waals surface area (Å²) in [5.74, 6) is 2.39. The molecule has 0 radical (unpaired) electrons. The van der Waals surface area contributed by atoms with Crippen LogP contribution in [0.15, 0.2) is 34.9 Å². The minimum Gasteiger partial charge on any atom is -0.480 e. The number of nitrogens with one attached hydrogen (secondary N) is 1. The SMILES string of the molecule is COc1ncccc1NC(C)c1ccc(C)o1. The fourth-order valence-electron chi connectivity index (χ4n) is 1.65. The van der Waals surface area contributed by atoms with Gasteiger partial charge in [0, 0.05) is 6.20 Å². The Morgan fingerprint density at radius 2 is 2.18 bits per heavy atom. The molecule has 0 amide bonds. The Bertz CT molecular complexity index is 494. The lowest BCUT2D eigenvalue weighted by Crippen LogP contribution is -2.07. The fraction of sp³-hybridized carbons (Fsp3) is 0.308. The van der Waals surface area contributed by atoms with Gasteiger partial charge < -0.3 is 14.5 Å². The average Bonchev–Trinajstić information content (AvgIpc) is 2.77. The summed E-state index contributed by atoms with van der Waals surface area (Å²) >= 11 is 0. The third kappa shape index (κ3) is 2.58. The van der Waals surface area contributed by atoms with Crippen LogP contribution in [0.1, 0.15) is 24.5 Å². The molecule has 0 bridgehead atoms. The highest BCUT2D eigenvalue weighted by molar-refractivity contribution is 5.53. The number of nitrogens with zero attached hydrogens (tertiary/aromatic N) is 1. The van der Waals surface area contributed by atoms with Gasteiger partial charge in [-0.15, -0.1) is 0 Å². The number of aryl methyl sites for hydroxylation is 1. The lowest BCUT2D eigenvalue weighted by atomic mass is 10.2. The van der Waals surface area contributed by atoms with Gasteiger partial charge in [0.15, 0.2) is 0 Å². The van der Waals surface area contributed by atoms with Gasteiger partial charge in [0.05, 0.1) is 18.8 Å². The molecule has 1 atom stereocenters. The van der Waals surface area contributed by atoms with Gasteiger partial charge in [-0.1, -0.05) is 0 Å². The molecule has 90 valence electrons. The Labute approximate surface area is 101 Å². The van der Waals surface area contributed by atoms with Crippen molar-refractivity contribution in [3.8, 4) is 5.88 Å². The number of aromatic nitrogens is 1. The van der Waals surface area contributed by atoms with Crippen molar-refractivity contribution in [1.82, 2.24) is 4.98 Å². The lowest BCUT2D eigenvalue weighted by Gasteiger charge is -2.14. The maximum Gasteiger partial charge on any atom is 0.237 e. The average molecular weight is 232 g/mol. The van der Waals surface area contributed by atoms with E-state index in [0.717, 1.165) is 17.2 Å². The van der Waals surface area contributed by atoms with Crippen molar-refractivity contribution in [2.24, 2.45) is 0 Å². The first-order valence-electron chi connectivity index (χ1n) is 5.52. The minimum absolute atomic E-state index is 0.0711. The van der Waals surface area contributed by atoms with Crippen molar-refractivity contribution in [2.75, 3.05) is 12.4 Å². The van der Waals surface area contributed by atoms with Crippen LogP contribution in [0.4, 0.5) is 5.69 Å². The van der Waals surface area contributed by atoms with Gasteiger partial charge in [-0.3, -0.25) is 0 Å². The summed E-state index contributed by atoms with van der Waals surface area (Å²) in [5, 5.41) is 3.31. The first-order chi connectivity index (χ1) is 8.20. The van der Waals surface area contributed by atoms with E-state index in [9.17, 15) is 0 Å². The monoisotopic (exact) mass is 232 g/mol. The van der Waals surface area contributed by atoms with Crippen molar-refractivity contribution < 1.29 is 9.15 Å². The summed E-state index contributed by atoms with van der Waals surface area (Å²) in [5.41, 5.74) is 0.858. The summed E-state index contributed by atoms with van der Waals surface area (Å²) in [6, 6.07) is 7.79. The van der Waals surface area contributed by atoms with Crippen LogP contribution in [0.25, 0.3) is 0 Å². The zero-order chi connectivity index (χ0) is 12.3. The molecule has 1 unspecified atom stereocenters. The van der Waals surface area contributed by atoms with Crippen LogP contribution >= 0.6 is 0 Å². The smallest absolute Gasteiger partial charge is 0.237 e. The van der Waals surface area contributed by atoms with Crippen LogP contribution in [-0.4, -0.2) is 12.1 Å². The Morgan fingerprint density at radius 3 is 2.82 bits per heavy atom. The van der Waals surface area contributed by atoms with Gasteiger partial charge in [-0.05, 0) is 38.1 Å². The maximum atomic E-state index is 5.57. The van der Waals surface area contributed by atoms with Crippen LogP contribution in [0, 0.1) is 6.92 Å². The van der Waals surface area contributed by atoms with Crippen molar-refractivity contribution >= 4 is 5.69 Å². The lowest BCUT2D eigenvalue weighted by molar-refractivity contribution is 0.398. The molecule has 4 nitrogen and oxygen atoms in total. The number of hydrogen-bond donors (Lipinski definition) is 1. The fourth-order valence-corrected chi connectivity index (χ4v) is 1.65. The number of anilines is 1. The standard InChI is InChI=1S/C13H16N2O2/c1-9-6-7-12(17-9)10(2)15-11-5-4-8-14-13(11)16-3/h4-8,10,15H,1-3H3. The van der Waals surface area contributed by atoms with E-state index < -0.39 is 0 Å². The molecule has 4 heteroatoms. The first-order valence-corrected chi connectivity index (χ1v) is 5.52. The van der Waals surface area contributed by atoms with Crippen LogP contribution in [0.3, 0.4) is 0 Å². The molecule has 0 aliphatic rings. The molecule has 0 spiro atoms. The molecule has 0 aliphatic carbocycles. The molecule has 2 heterocycles. The molecule has 2 aromatic rings. The predicted molar refractivity (Wildman–Crippen MR) is 66.3 cm³/mol. The molecule has 1 N–H and O–H groups in total. The summed E-state index contributed by atoms with van der Waals surface area (Å²) in [6.45, 7) is 3.96. The van der Waals surface area contributed by atoms with E-state index in [1.807, 2.05) is 38.1 Å². The van der Waals surface area contributed by atoms with Gasteiger partial charge >= 0.3 is 0 Å².